The first-order valence-corrected chi connectivity index (χ1v) is 13.8. The van der Waals surface area contributed by atoms with Crippen LogP contribution in [0.25, 0.3) is 0 Å². The van der Waals surface area contributed by atoms with Gasteiger partial charge in [0, 0.05) is 37.2 Å². The van der Waals surface area contributed by atoms with Gasteiger partial charge in [-0.25, -0.2) is 0 Å². The van der Waals surface area contributed by atoms with Crippen LogP contribution in [0, 0.1) is 0 Å². The second-order valence-corrected chi connectivity index (χ2v) is 11.1. The average molecular weight is 641 g/mol. The van der Waals surface area contributed by atoms with Gasteiger partial charge in [-0.3, -0.25) is 0 Å². The van der Waals surface area contributed by atoms with E-state index in [9.17, 15) is 0 Å². The van der Waals surface area contributed by atoms with Crippen molar-refractivity contribution in [1.29, 1.82) is 0 Å². The van der Waals surface area contributed by atoms with Crippen molar-refractivity contribution >= 4 is 69.6 Å². The molecule has 1 aliphatic rings. The lowest BCUT2D eigenvalue weighted by atomic mass is 10.1. The minimum Gasteiger partial charge on any atom is -0.374 e. The summed E-state index contributed by atoms with van der Waals surface area (Å²) in [6.07, 6.45) is -2.37. The summed E-state index contributed by atoms with van der Waals surface area (Å²) in [6, 6.07) is 15.7. The molecule has 1 aliphatic heterocycles. The van der Waals surface area contributed by atoms with Crippen LogP contribution < -0.4 is 0 Å². The second kappa shape index (κ2) is 14.2. The highest BCUT2D eigenvalue weighted by atomic mass is 35.5. The summed E-state index contributed by atoms with van der Waals surface area (Å²) in [7, 11) is 1.54. The van der Waals surface area contributed by atoms with Crippen molar-refractivity contribution in [3.8, 4) is 0 Å². The van der Waals surface area contributed by atoms with Gasteiger partial charge in [0.1, 0.15) is 18.3 Å². The third-order valence-electron chi connectivity index (χ3n) is 5.95. The highest BCUT2D eigenvalue weighted by molar-refractivity contribution is 6.36. The topological polar surface area (TPSA) is 46.2 Å². The molecule has 38 heavy (non-hydrogen) atoms. The van der Waals surface area contributed by atoms with Crippen LogP contribution in [0.15, 0.2) is 54.6 Å². The van der Waals surface area contributed by atoms with Gasteiger partial charge in [-0.1, -0.05) is 87.8 Å². The quantitative estimate of drug-likeness (QED) is 0.210. The number of ether oxygens (including phenoxy) is 5. The Bertz CT molecular complexity index is 1240. The molecule has 0 unspecified atom stereocenters. The van der Waals surface area contributed by atoms with Crippen LogP contribution in [0.4, 0.5) is 0 Å². The van der Waals surface area contributed by atoms with Gasteiger partial charge in [-0.2, -0.15) is 0 Å². The van der Waals surface area contributed by atoms with E-state index in [0.717, 1.165) is 16.7 Å². The van der Waals surface area contributed by atoms with E-state index < -0.39 is 24.6 Å². The third kappa shape index (κ3) is 7.90. The molecule has 0 spiro atoms. The van der Waals surface area contributed by atoms with E-state index in [-0.39, 0.29) is 26.4 Å². The third-order valence-corrected chi connectivity index (χ3v) is 7.71. The van der Waals surface area contributed by atoms with Crippen molar-refractivity contribution in [2.24, 2.45) is 0 Å². The zero-order chi connectivity index (χ0) is 27.2. The Morgan fingerprint density at radius 3 is 1.53 bits per heavy atom. The van der Waals surface area contributed by atoms with Crippen LogP contribution in [-0.2, 0) is 43.5 Å². The fourth-order valence-corrected chi connectivity index (χ4v) is 5.36. The molecule has 4 atom stereocenters. The molecular weight excluding hydrogens is 617 g/mol. The highest BCUT2D eigenvalue weighted by Crippen LogP contribution is 2.32. The van der Waals surface area contributed by atoms with Crippen molar-refractivity contribution in [2.45, 2.75) is 44.4 Å². The Morgan fingerprint density at radius 2 is 1.08 bits per heavy atom. The molecule has 0 bridgehead atoms. The molecule has 204 valence electrons. The number of rotatable bonds is 11. The standard InChI is InChI=1S/C27H24Cl6O5/c1-34-27-26(37-13-17-4-7-20(30)10-23(17)33)25(36-12-16-3-6-19(29)9-22(16)32)24(38-27)14-35-11-15-2-5-18(28)8-21(15)31/h2-10,24-27H,11-14H2,1H3/t24-,25-,26-,27-/m1/s1. The molecule has 4 rings (SSSR count). The predicted octanol–water partition coefficient (Wildman–Crippen LogP) is 8.67. The van der Waals surface area contributed by atoms with E-state index in [1.807, 2.05) is 18.2 Å². The molecule has 0 aliphatic carbocycles. The average Bonchev–Trinajstić information content (AvgIpc) is 3.20. The lowest BCUT2D eigenvalue weighted by molar-refractivity contribution is -0.170. The van der Waals surface area contributed by atoms with Crippen LogP contribution in [0.5, 0.6) is 0 Å². The number of hydrogen-bond donors (Lipinski definition) is 0. The van der Waals surface area contributed by atoms with E-state index in [2.05, 4.69) is 0 Å². The number of halogens is 6. The summed E-state index contributed by atoms with van der Waals surface area (Å²) >= 11 is 37.1. The van der Waals surface area contributed by atoms with Crippen LogP contribution in [0.2, 0.25) is 30.1 Å². The van der Waals surface area contributed by atoms with Gasteiger partial charge in [0.05, 0.1) is 26.4 Å². The zero-order valence-corrected chi connectivity index (χ0v) is 24.7. The maximum atomic E-state index is 6.37. The molecule has 0 aromatic heterocycles. The molecular formula is C27H24Cl6O5. The van der Waals surface area contributed by atoms with Crippen LogP contribution in [-0.4, -0.2) is 38.3 Å². The van der Waals surface area contributed by atoms with Crippen molar-refractivity contribution in [1.82, 2.24) is 0 Å². The summed E-state index contributed by atoms with van der Waals surface area (Å²) in [5.74, 6) is 0. The van der Waals surface area contributed by atoms with Gasteiger partial charge in [-0.05, 0) is 53.1 Å². The van der Waals surface area contributed by atoms with E-state index in [1.165, 1.54) is 0 Å². The molecule has 11 heteroatoms. The highest BCUT2D eigenvalue weighted by Gasteiger charge is 2.47. The zero-order valence-electron chi connectivity index (χ0n) is 20.1. The Hall–Kier alpha value is -0.800. The summed E-state index contributed by atoms with van der Waals surface area (Å²) in [5.41, 5.74) is 2.33. The summed E-state index contributed by atoms with van der Waals surface area (Å²) < 4.78 is 30.2. The Balaban J connectivity index is 1.49. The monoisotopic (exact) mass is 638 g/mol. The minimum atomic E-state index is -0.709. The Labute approximate surface area is 251 Å². The van der Waals surface area contributed by atoms with E-state index in [0.29, 0.717) is 30.1 Å². The lowest BCUT2D eigenvalue weighted by Gasteiger charge is -2.25. The largest absolute Gasteiger partial charge is 0.374 e. The van der Waals surface area contributed by atoms with Gasteiger partial charge in [0.25, 0.3) is 0 Å². The lowest BCUT2D eigenvalue weighted by Crippen LogP contribution is -2.39. The molecule has 1 heterocycles. The summed E-state index contributed by atoms with van der Waals surface area (Å²) in [6.45, 7) is 0.843. The van der Waals surface area contributed by atoms with Gasteiger partial charge in [-0.15, -0.1) is 0 Å². The van der Waals surface area contributed by atoms with Crippen molar-refractivity contribution in [3.05, 3.63) is 101 Å². The molecule has 1 fully saturated rings. The van der Waals surface area contributed by atoms with E-state index in [4.69, 9.17) is 93.3 Å². The van der Waals surface area contributed by atoms with E-state index >= 15 is 0 Å². The molecule has 0 N–H and O–H groups in total. The Kier molecular flexibility index (Phi) is 11.3. The van der Waals surface area contributed by atoms with Gasteiger partial charge in [0.15, 0.2) is 6.29 Å². The smallest absolute Gasteiger partial charge is 0.186 e. The first-order chi connectivity index (χ1) is 18.2. The van der Waals surface area contributed by atoms with Crippen molar-refractivity contribution in [2.75, 3.05) is 13.7 Å². The van der Waals surface area contributed by atoms with Gasteiger partial charge >= 0.3 is 0 Å². The van der Waals surface area contributed by atoms with Crippen molar-refractivity contribution in [3.63, 3.8) is 0 Å². The maximum absolute atomic E-state index is 6.37. The molecule has 1 saturated heterocycles. The predicted molar refractivity (Wildman–Crippen MR) is 152 cm³/mol. The summed E-state index contributed by atoms with van der Waals surface area (Å²) in [5, 5.41) is 3.14. The first-order valence-electron chi connectivity index (χ1n) is 11.6. The molecule has 0 radical (unpaired) electrons. The van der Waals surface area contributed by atoms with Crippen LogP contribution in [0.1, 0.15) is 16.7 Å². The maximum Gasteiger partial charge on any atom is 0.186 e. The summed E-state index contributed by atoms with van der Waals surface area (Å²) in [4.78, 5) is 0. The van der Waals surface area contributed by atoms with E-state index in [1.54, 1.807) is 43.5 Å². The Morgan fingerprint density at radius 1 is 0.632 bits per heavy atom. The first kappa shape index (κ1) is 30.2. The fraction of sp³-hybridized carbons (Fsp3) is 0.333. The van der Waals surface area contributed by atoms with Gasteiger partial charge in [0.2, 0.25) is 0 Å². The fourth-order valence-electron chi connectivity index (χ4n) is 3.97. The molecule has 5 nitrogen and oxygen atoms in total. The van der Waals surface area contributed by atoms with Crippen LogP contribution >= 0.6 is 69.6 Å². The normalized spacial score (nSPS) is 21.2. The SMILES string of the molecule is CO[C@@H]1O[C@H](COCc2ccc(Cl)cc2Cl)[C@@H](OCc2ccc(Cl)cc2Cl)[C@H]1OCc1ccc(Cl)cc1Cl. The molecule has 0 amide bonds. The number of methoxy groups -OCH3 is 1. The minimum absolute atomic E-state index is 0.194. The number of benzene rings is 3. The van der Waals surface area contributed by atoms with Crippen molar-refractivity contribution < 1.29 is 23.7 Å². The molecule has 3 aromatic carbocycles. The number of hydrogen-bond acceptors (Lipinski definition) is 5. The molecule has 0 saturated carbocycles. The van der Waals surface area contributed by atoms with Gasteiger partial charge < -0.3 is 23.7 Å². The van der Waals surface area contributed by atoms with Crippen LogP contribution in [0.3, 0.4) is 0 Å². The second-order valence-electron chi connectivity index (χ2n) is 8.55. The molecule has 3 aromatic rings.